The van der Waals surface area contributed by atoms with Crippen LogP contribution in [0.1, 0.15) is 51.4 Å². The fourth-order valence-corrected chi connectivity index (χ4v) is 3.01. The maximum atomic E-state index is 10.9. The number of carboxylic acids is 1. The monoisotopic (exact) mass is 194 g/mol. The van der Waals surface area contributed by atoms with Crippen molar-refractivity contribution >= 4 is 5.97 Å². The van der Waals surface area contributed by atoms with Crippen molar-refractivity contribution < 1.29 is 9.90 Å². The van der Waals surface area contributed by atoms with Gasteiger partial charge in [0.1, 0.15) is 0 Å². The third-order valence-electron chi connectivity index (χ3n) is 3.82. The SMILES string of the molecule is O=C(O)C1=CCCC2(CCCCC2)C1. The van der Waals surface area contributed by atoms with Crippen LogP contribution in [0.25, 0.3) is 0 Å². The summed E-state index contributed by atoms with van der Waals surface area (Å²) < 4.78 is 0. The Labute approximate surface area is 85.0 Å². The van der Waals surface area contributed by atoms with E-state index < -0.39 is 5.97 Å². The molecule has 2 rings (SSSR count). The van der Waals surface area contributed by atoms with Gasteiger partial charge in [-0.15, -0.1) is 0 Å². The summed E-state index contributed by atoms with van der Waals surface area (Å²) in [5.74, 6) is -0.699. The van der Waals surface area contributed by atoms with Gasteiger partial charge in [-0.25, -0.2) is 4.79 Å². The van der Waals surface area contributed by atoms with E-state index in [0.29, 0.717) is 11.0 Å². The quantitative estimate of drug-likeness (QED) is 0.696. The molecule has 0 heterocycles. The highest BCUT2D eigenvalue weighted by Gasteiger charge is 2.35. The molecule has 2 aliphatic rings. The molecular weight excluding hydrogens is 176 g/mol. The van der Waals surface area contributed by atoms with Gasteiger partial charge in [0.05, 0.1) is 0 Å². The first-order chi connectivity index (χ1) is 6.72. The molecule has 2 aliphatic carbocycles. The molecule has 0 aliphatic heterocycles. The molecule has 0 amide bonds. The van der Waals surface area contributed by atoms with Gasteiger partial charge < -0.3 is 5.11 Å². The number of rotatable bonds is 1. The molecular formula is C12H18O2. The number of hydrogen-bond acceptors (Lipinski definition) is 1. The Morgan fingerprint density at radius 3 is 2.57 bits per heavy atom. The Morgan fingerprint density at radius 2 is 1.93 bits per heavy atom. The second-order valence-corrected chi connectivity index (χ2v) is 4.81. The van der Waals surface area contributed by atoms with Gasteiger partial charge in [-0.2, -0.15) is 0 Å². The third-order valence-corrected chi connectivity index (χ3v) is 3.82. The summed E-state index contributed by atoms with van der Waals surface area (Å²) in [4.78, 5) is 10.9. The van der Waals surface area contributed by atoms with E-state index in [9.17, 15) is 4.79 Å². The Kier molecular flexibility index (Phi) is 2.62. The average Bonchev–Trinajstić information content (AvgIpc) is 2.19. The molecule has 0 aromatic carbocycles. The first-order valence-corrected chi connectivity index (χ1v) is 5.64. The van der Waals surface area contributed by atoms with Gasteiger partial charge >= 0.3 is 5.97 Å². The largest absolute Gasteiger partial charge is 0.478 e. The highest BCUT2D eigenvalue weighted by molar-refractivity contribution is 5.86. The Balaban J connectivity index is 2.09. The minimum absolute atomic E-state index is 0.362. The van der Waals surface area contributed by atoms with Crippen molar-refractivity contribution in [2.24, 2.45) is 5.41 Å². The van der Waals surface area contributed by atoms with Crippen LogP contribution in [0.15, 0.2) is 11.6 Å². The van der Waals surface area contributed by atoms with E-state index in [1.54, 1.807) is 0 Å². The van der Waals surface area contributed by atoms with Crippen LogP contribution in [-0.4, -0.2) is 11.1 Å². The highest BCUT2D eigenvalue weighted by atomic mass is 16.4. The maximum Gasteiger partial charge on any atom is 0.331 e. The molecule has 0 aromatic heterocycles. The fraction of sp³-hybridized carbons (Fsp3) is 0.750. The van der Waals surface area contributed by atoms with E-state index in [2.05, 4.69) is 0 Å². The van der Waals surface area contributed by atoms with Gasteiger partial charge in [0.15, 0.2) is 0 Å². The number of aliphatic carboxylic acids is 1. The van der Waals surface area contributed by atoms with Gasteiger partial charge in [0.2, 0.25) is 0 Å². The van der Waals surface area contributed by atoms with Crippen molar-refractivity contribution in [3.63, 3.8) is 0 Å². The van der Waals surface area contributed by atoms with Crippen LogP contribution < -0.4 is 0 Å². The van der Waals surface area contributed by atoms with E-state index in [0.717, 1.165) is 12.8 Å². The van der Waals surface area contributed by atoms with Crippen molar-refractivity contribution in [3.8, 4) is 0 Å². The topological polar surface area (TPSA) is 37.3 Å². The summed E-state index contributed by atoms with van der Waals surface area (Å²) in [6, 6.07) is 0. The lowest BCUT2D eigenvalue weighted by atomic mass is 9.65. The lowest BCUT2D eigenvalue weighted by Gasteiger charge is -2.39. The number of carboxylic acid groups (broad SMARTS) is 1. The molecule has 0 radical (unpaired) electrons. The van der Waals surface area contributed by atoms with E-state index in [-0.39, 0.29) is 0 Å². The van der Waals surface area contributed by atoms with Crippen molar-refractivity contribution in [3.05, 3.63) is 11.6 Å². The molecule has 78 valence electrons. The standard InChI is InChI=1S/C12H18O2/c13-11(14)10-5-4-8-12(9-10)6-2-1-3-7-12/h5H,1-4,6-9H2,(H,13,14). The van der Waals surface area contributed by atoms with Gasteiger partial charge in [-0.05, 0) is 37.5 Å². The van der Waals surface area contributed by atoms with Crippen molar-refractivity contribution in [2.45, 2.75) is 51.4 Å². The summed E-state index contributed by atoms with van der Waals surface area (Å²) in [5.41, 5.74) is 1.03. The summed E-state index contributed by atoms with van der Waals surface area (Å²) in [6.07, 6.45) is 11.4. The number of carbonyl (C=O) groups is 1. The minimum Gasteiger partial charge on any atom is -0.478 e. The first kappa shape index (κ1) is 9.75. The van der Waals surface area contributed by atoms with Gasteiger partial charge in [0.25, 0.3) is 0 Å². The first-order valence-electron chi connectivity index (χ1n) is 5.64. The van der Waals surface area contributed by atoms with E-state index in [1.165, 1.54) is 38.5 Å². The lowest BCUT2D eigenvalue weighted by molar-refractivity contribution is -0.133. The zero-order chi connectivity index (χ0) is 10.0. The molecule has 0 atom stereocenters. The van der Waals surface area contributed by atoms with Crippen LogP contribution in [0.3, 0.4) is 0 Å². The minimum atomic E-state index is -0.699. The molecule has 14 heavy (non-hydrogen) atoms. The zero-order valence-corrected chi connectivity index (χ0v) is 8.59. The molecule has 0 saturated heterocycles. The Hall–Kier alpha value is -0.790. The maximum absolute atomic E-state index is 10.9. The summed E-state index contributed by atoms with van der Waals surface area (Å²) in [5, 5.41) is 8.98. The van der Waals surface area contributed by atoms with E-state index in [1.807, 2.05) is 6.08 Å². The molecule has 0 aromatic rings. The fourth-order valence-electron chi connectivity index (χ4n) is 3.01. The third kappa shape index (κ3) is 1.84. The summed E-state index contributed by atoms with van der Waals surface area (Å²) >= 11 is 0. The molecule has 1 spiro atoms. The van der Waals surface area contributed by atoms with Crippen LogP contribution in [0.5, 0.6) is 0 Å². The average molecular weight is 194 g/mol. The van der Waals surface area contributed by atoms with Crippen LogP contribution in [0.4, 0.5) is 0 Å². The van der Waals surface area contributed by atoms with Crippen molar-refractivity contribution in [2.75, 3.05) is 0 Å². The number of hydrogen-bond donors (Lipinski definition) is 1. The van der Waals surface area contributed by atoms with Crippen LogP contribution in [0, 0.1) is 5.41 Å². The number of allylic oxidation sites excluding steroid dienone is 1. The van der Waals surface area contributed by atoms with Gasteiger partial charge in [0, 0.05) is 5.57 Å². The van der Waals surface area contributed by atoms with Gasteiger partial charge in [-0.3, -0.25) is 0 Å². The van der Waals surface area contributed by atoms with E-state index in [4.69, 9.17) is 5.11 Å². The Morgan fingerprint density at radius 1 is 1.21 bits per heavy atom. The summed E-state index contributed by atoms with van der Waals surface area (Å²) in [6.45, 7) is 0. The molecule has 0 bridgehead atoms. The molecule has 1 N–H and O–H groups in total. The molecule has 1 fully saturated rings. The highest BCUT2D eigenvalue weighted by Crippen LogP contribution is 2.47. The van der Waals surface area contributed by atoms with Crippen LogP contribution in [-0.2, 0) is 4.79 Å². The second-order valence-electron chi connectivity index (χ2n) is 4.81. The van der Waals surface area contributed by atoms with Crippen LogP contribution >= 0.6 is 0 Å². The van der Waals surface area contributed by atoms with Crippen LogP contribution in [0.2, 0.25) is 0 Å². The molecule has 2 nitrogen and oxygen atoms in total. The lowest BCUT2D eigenvalue weighted by Crippen LogP contribution is -2.28. The smallest absolute Gasteiger partial charge is 0.331 e. The van der Waals surface area contributed by atoms with E-state index >= 15 is 0 Å². The normalized spacial score (nSPS) is 25.9. The second kappa shape index (κ2) is 3.76. The predicted octanol–water partition coefficient (Wildman–Crippen LogP) is 3.13. The van der Waals surface area contributed by atoms with Crippen molar-refractivity contribution in [1.29, 1.82) is 0 Å². The summed E-state index contributed by atoms with van der Waals surface area (Å²) in [7, 11) is 0. The van der Waals surface area contributed by atoms with Crippen molar-refractivity contribution in [1.82, 2.24) is 0 Å². The predicted molar refractivity (Wildman–Crippen MR) is 55.1 cm³/mol. The molecule has 2 heteroatoms. The zero-order valence-electron chi connectivity index (χ0n) is 8.59. The molecule has 0 unspecified atom stereocenters. The molecule has 1 saturated carbocycles. The Bertz CT molecular complexity index is 259. The van der Waals surface area contributed by atoms with Gasteiger partial charge in [-0.1, -0.05) is 25.3 Å².